The molecule has 0 radical (unpaired) electrons. The number of benzene rings is 1. The fourth-order valence-electron chi connectivity index (χ4n) is 3.65. The summed E-state index contributed by atoms with van der Waals surface area (Å²) < 4.78 is 13.2. The van der Waals surface area contributed by atoms with Gasteiger partial charge in [-0.05, 0) is 36.0 Å². The second kappa shape index (κ2) is 10.0. The predicted molar refractivity (Wildman–Crippen MR) is 118 cm³/mol. The zero-order valence-corrected chi connectivity index (χ0v) is 19.2. The third kappa shape index (κ3) is 6.89. The molecule has 1 aliphatic rings. The molecule has 0 spiro atoms. The molecule has 1 fully saturated rings. The van der Waals surface area contributed by atoms with Gasteiger partial charge in [0, 0.05) is 0 Å². The molecule has 152 valence electrons. The van der Waals surface area contributed by atoms with E-state index in [0.717, 1.165) is 12.3 Å². The Bertz CT molecular complexity index is 555. The molecule has 2 rings (SSSR count). The molecule has 3 heteroatoms. The van der Waals surface area contributed by atoms with Gasteiger partial charge in [-0.25, -0.2) is 0 Å². The van der Waals surface area contributed by atoms with Gasteiger partial charge < -0.3 is 9.16 Å². The predicted octanol–water partition coefficient (Wildman–Crippen LogP) is 7.12. The molecule has 0 amide bonds. The van der Waals surface area contributed by atoms with E-state index < -0.39 is 8.32 Å². The summed E-state index contributed by atoms with van der Waals surface area (Å²) in [6.45, 7) is 16.3. The van der Waals surface area contributed by atoms with E-state index in [1.165, 1.54) is 37.7 Å². The van der Waals surface area contributed by atoms with Crippen LogP contribution in [0.2, 0.25) is 18.1 Å². The first-order valence-corrected chi connectivity index (χ1v) is 13.6. The number of ether oxygens (including phenoxy) is 1. The van der Waals surface area contributed by atoms with E-state index in [9.17, 15) is 0 Å². The van der Waals surface area contributed by atoms with E-state index in [1.807, 2.05) is 12.1 Å². The lowest BCUT2D eigenvalue weighted by Crippen LogP contribution is -2.47. The van der Waals surface area contributed by atoms with Crippen molar-refractivity contribution in [1.82, 2.24) is 0 Å². The van der Waals surface area contributed by atoms with E-state index in [0.29, 0.717) is 6.61 Å². The topological polar surface area (TPSA) is 18.5 Å². The van der Waals surface area contributed by atoms with Crippen molar-refractivity contribution < 1.29 is 9.16 Å². The van der Waals surface area contributed by atoms with Gasteiger partial charge in [0.05, 0.1) is 12.7 Å². The van der Waals surface area contributed by atoms with Crippen molar-refractivity contribution in [2.24, 2.45) is 5.92 Å². The molecule has 1 aromatic rings. The van der Waals surface area contributed by atoms with Crippen LogP contribution in [0.1, 0.15) is 64.9 Å². The van der Waals surface area contributed by atoms with Gasteiger partial charge in [0.1, 0.15) is 6.10 Å². The zero-order chi connectivity index (χ0) is 19.9. The minimum Gasteiger partial charge on any atom is -0.411 e. The first kappa shape index (κ1) is 22.4. The Balaban J connectivity index is 2.10. The monoisotopic (exact) mass is 388 g/mol. The highest BCUT2D eigenvalue weighted by Crippen LogP contribution is 2.39. The molecule has 0 unspecified atom stereocenters. The second-order valence-electron chi connectivity index (χ2n) is 9.65. The fourth-order valence-corrected chi connectivity index (χ4v) is 4.99. The van der Waals surface area contributed by atoms with Crippen molar-refractivity contribution in [3.63, 3.8) is 0 Å². The average molecular weight is 389 g/mol. The maximum atomic E-state index is 6.89. The van der Waals surface area contributed by atoms with Crippen molar-refractivity contribution in [1.29, 1.82) is 0 Å². The molecule has 0 N–H and O–H groups in total. The Morgan fingerprint density at radius 2 is 1.74 bits per heavy atom. The highest BCUT2D eigenvalue weighted by molar-refractivity contribution is 6.74. The van der Waals surface area contributed by atoms with E-state index in [-0.39, 0.29) is 17.2 Å². The Kier molecular flexibility index (Phi) is 8.33. The van der Waals surface area contributed by atoms with Crippen LogP contribution in [0.5, 0.6) is 0 Å². The van der Waals surface area contributed by atoms with Gasteiger partial charge in [0.2, 0.25) is 0 Å². The SMILES string of the molecule is C=C[C@H](OCc1ccccc1)[C@@H](CC1CCCCC1)O[Si](C)(C)C(C)(C)C. The number of hydrogen-bond acceptors (Lipinski definition) is 2. The van der Waals surface area contributed by atoms with Crippen molar-refractivity contribution in [2.45, 2.75) is 96.2 Å². The smallest absolute Gasteiger partial charge is 0.192 e. The maximum absolute atomic E-state index is 6.89. The van der Waals surface area contributed by atoms with E-state index in [2.05, 4.69) is 64.7 Å². The highest BCUT2D eigenvalue weighted by atomic mass is 28.4. The maximum Gasteiger partial charge on any atom is 0.192 e. The molecular formula is C24H40O2Si. The summed E-state index contributed by atoms with van der Waals surface area (Å²) in [4.78, 5) is 0. The van der Waals surface area contributed by atoms with Gasteiger partial charge in [-0.3, -0.25) is 0 Å². The van der Waals surface area contributed by atoms with Crippen LogP contribution < -0.4 is 0 Å². The summed E-state index contributed by atoms with van der Waals surface area (Å²) in [6.07, 6.45) is 9.89. The van der Waals surface area contributed by atoms with Crippen LogP contribution in [0.15, 0.2) is 43.0 Å². The molecule has 1 aliphatic carbocycles. The van der Waals surface area contributed by atoms with Crippen LogP contribution in [-0.2, 0) is 15.8 Å². The summed E-state index contributed by atoms with van der Waals surface area (Å²) >= 11 is 0. The van der Waals surface area contributed by atoms with E-state index in [4.69, 9.17) is 9.16 Å². The summed E-state index contributed by atoms with van der Waals surface area (Å²) in [5, 5.41) is 0.197. The second-order valence-corrected chi connectivity index (χ2v) is 14.4. The first-order valence-electron chi connectivity index (χ1n) is 10.7. The van der Waals surface area contributed by atoms with Crippen molar-refractivity contribution >= 4 is 8.32 Å². The molecule has 2 nitrogen and oxygen atoms in total. The largest absolute Gasteiger partial charge is 0.411 e. The molecule has 1 saturated carbocycles. The van der Waals surface area contributed by atoms with E-state index >= 15 is 0 Å². The molecule has 0 saturated heterocycles. The van der Waals surface area contributed by atoms with Gasteiger partial charge in [-0.2, -0.15) is 0 Å². The molecule has 27 heavy (non-hydrogen) atoms. The van der Waals surface area contributed by atoms with Crippen LogP contribution in [-0.4, -0.2) is 20.5 Å². The quantitative estimate of drug-likeness (QED) is 0.331. The molecule has 0 aliphatic heterocycles. The summed E-state index contributed by atoms with van der Waals surface area (Å²) in [5.74, 6) is 0.760. The highest BCUT2D eigenvalue weighted by Gasteiger charge is 2.41. The molecular weight excluding hydrogens is 348 g/mol. The van der Waals surface area contributed by atoms with Crippen LogP contribution in [0, 0.1) is 5.92 Å². The summed E-state index contributed by atoms with van der Waals surface area (Å²) in [6, 6.07) is 10.4. The molecule has 0 aromatic heterocycles. The summed E-state index contributed by atoms with van der Waals surface area (Å²) in [7, 11) is -1.87. The third-order valence-corrected chi connectivity index (χ3v) is 10.9. The lowest BCUT2D eigenvalue weighted by molar-refractivity contribution is -0.0237. The Morgan fingerprint density at radius 3 is 2.30 bits per heavy atom. The normalized spacial score (nSPS) is 18.9. The zero-order valence-electron chi connectivity index (χ0n) is 18.2. The minimum atomic E-state index is -1.87. The Morgan fingerprint density at radius 1 is 1.11 bits per heavy atom. The van der Waals surface area contributed by atoms with Gasteiger partial charge in [0.15, 0.2) is 8.32 Å². The Labute approximate surface area is 168 Å². The lowest BCUT2D eigenvalue weighted by Gasteiger charge is -2.42. The minimum absolute atomic E-state index is 0.0544. The standard InChI is InChI=1S/C24H40O2Si/c1-7-22(25-19-21-16-12-9-13-17-21)23(18-20-14-10-8-11-15-20)26-27(5,6)24(2,3)4/h7,9,12-13,16-17,20,22-23H,1,8,10-11,14-15,18-19H2,2-6H3/t22-,23+/m0/s1. The Hall–Kier alpha value is -0.903. The van der Waals surface area contributed by atoms with E-state index in [1.54, 1.807) is 0 Å². The van der Waals surface area contributed by atoms with Crippen molar-refractivity contribution in [3.05, 3.63) is 48.6 Å². The third-order valence-electron chi connectivity index (χ3n) is 6.43. The van der Waals surface area contributed by atoms with Gasteiger partial charge >= 0.3 is 0 Å². The van der Waals surface area contributed by atoms with Gasteiger partial charge in [-0.1, -0.05) is 89.3 Å². The van der Waals surface area contributed by atoms with Crippen LogP contribution in [0.3, 0.4) is 0 Å². The van der Waals surface area contributed by atoms with Gasteiger partial charge in [-0.15, -0.1) is 6.58 Å². The molecule has 1 aromatic carbocycles. The molecule has 0 heterocycles. The average Bonchev–Trinajstić information content (AvgIpc) is 2.62. The van der Waals surface area contributed by atoms with Crippen LogP contribution in [0.25, 0.3) is 0 Å². The number of hydrogen-bond donors (Lipinski definition) is 0. The molecule has 0 bridgehead atoms. The summed E-state index contributed by atoms with van der Waals surface area (Å²) in [5.41, 5.74) is 1.20. The fraction of sp³-hybridized carbons (Fsp3) is 0.667. The number of rotatable bonds is 9. The van der Waals surface area contributed by atoms with Crippen molar-refractivity contribution in [2.75, 3.05) is 0 Å². The van der Waals surface area contributed by atoms with Crippen LogP contribution >= 0.6 is 0 Å². The lowest BCUT2D eigenvalue weighted by atomic mass is 9.84. The molecule has 2 atom stereocenters. The first-order chi connectivity index (χ1) is 12.7. The van der Waals surface area contributed by atoms with Crippen molar-refractivity contribution in [3.8, 4) is 0 Å². The van der Waals surface area contributed by atoms with Gasteiger partial charge in [0.25, 0.3) is 0 Å². The van der Waals surface area contributed by atoms with Crippen LogP contribution in [0.4, 0.5) is 0 Å².